The molecule has 1 amide bonds. The highest BCUT2D eigenvalue weighted by Crippen LogP contribution is 2.26. The van der Waals surface area contributed by atoms with Crippen molar-refractivity contribution in [2.75, 3.05) is 7.05 Å². The maximum absolute atomic E-state index is 12.5. The molecule has 0 spiro atoms. The lowest BCUT2D eigenvalue weighted by molar-refractivity contribution is -0.121. The van der Waals surface area contributed by atoms with Gasteiger partial charge < -0.3 is 4.90 Å². The molecule has 0 heterocycles. The van der Waals surface area contributed by atoms with E-state index in [1.165, 1.54) is 0 Å². The summed E-state index contributed by atoms with van der Waals surface area (Å²) in [5.74, 6) is 0.306. The van der Waals surface area contributed by atoms with Gasteiger partial charge in [0.05, 0.1) is 5.56 Å². The van der Waals surface area contributed by atoms with Crippen molar-refractivity contribution in [3.8, 4) is 0 Å². The minimum atomic E-state index is -0.00118. The zero-order valence-electron chi connectivity index (χ0n) is 10.7. The van der Waals surface area contributed by atoms with E-state index in [4.69, 9.17) is 0 Å². The second kappa shape index (κ2) is 6.18. The summed E-state index contributed by atoms with van der Waals surface area (Å²) in [4.78, 5) is 25.5. The Morgan fingerprint density at radius 2 is 1.89 bits per heavy atom. The summed E-state index contributed by atoms with van der Waals surface area (Å²) in [6.07, 6.45) is 2.72. The third-order valence-electron chi connectivity index (χ3n) is 3.54. The lowest BCUT2D eigenvalue weighted by Crippen LogP contribution is -2.39. The van der Waals surface area contributed by atoms with E-state index in [9.17, 15) is 9.59 Å². The highest BCUT2D eigenvalue weighted by atomic mass is 79.9. The summed E-state index contributed by atoms with van der Waals surface area (Å²) in [6.45, 7) is 0. The summed E-state index contributed by atoms with van der Waals surface area (Å²) < 4.78 is 1.72. The van der Waals surface area contributed by atoms with E-state index in [-0.39, 0.29) is 11.9 Å². The molecule has 5 heteroatoms. The molecule has 0 bridgehead atoms. The largest absolute Gasteiger partial charge is 0.339 e. The van der Waals surface area contributed by atoms with Gasteiger partial charge in [0.15, 0.2) is 0 Å². The molecule has 19 heavy (non-hydrogen) atoms. The van der Waals surface area contributed by atoms with Gasteiger partial charge in [0.2, 0.25) is 0 Å². The highest BCUT2D eigenvalue weighted by Gasteiger charge is 2.26. The van der Waals surface area contributed by atoms with Crippen molar-refractivity contribution in [3.63, 3.8) is 0 Å². The first-order valence-corrected chi connectivity index (χ1v) is 7.81. The first-order chi connectivity index (χ1) is 8.99. The summed E-state index contributed by atoms with van der Waals surface area (Å²) in [7, 11) is 1.82. The van der Waals surface area contributed by atoms with Crippen LogP contribution in [-0.2, 0) is 4.79 Å². The smallest absolute Gasteiger partial charge is 0.254 e. The molecule has 1 aromatic rings. The Bertz CT molecular complexity index is 506. The normalized spacial score (nSPS) is 16.5. The number of hydrogen-bond donors (Lipinski definition) is 0. The van der Waals surface area contributed by atoms with Gasteiger partial charge in [-0.3, -0.25) is 9.59 Å². The third kappa shape index (κ3) is 3.45. The Kier molecular flexibility index (Phi) is 4.79. The molecule has 3 nitrogen and oxygen atoms in total. The van der Waals surface area contributed by atoms with Gasteiger partial charge in [0.25, 0.3) is 5.91 Å². The fraction of sp³-hybridized carbons (Fsp3) is 0.429. The van der Waals surface area contributed by atoms with Crippen LogP contribution in [0.3, 0.4) is 0 Å². The van der Waals surface area contributed by atoms with Gasteiger partial charge in [-0.2, -0.15) is 0 Å². The van der Waals surface area contributed by atoms with E-state index < -0.39 is 0 Å². The van der Waals surface area contributed by atoms with Gasteiger partial charge in [-0.1, -0.05) is 15.9 Å². The number of carbonyl (C=O) groups is 2. The van der Waals surface area contributed by atoms with Crippen LogP contribution in [0.5, 0.6) is 0 Å². The van der Waals surface area contributed by atoms with E-state index in [0.29, 0.717) is 24.2 Å². The van der Waals surface area contributed by atoms with Crippen molar-refractivity contribution in [1.29, 1.82) is 0 Å². The van der Waals surface area contributed by atoms with Crippen LogP contribution in [0.1, 0.15) is 36.0 Å². The first-order valence-electron chi connectivity index (χ1n) is 6.23. The van der Waals surface area contributed by atoms with E-state index in [1.54, 1.807) is 11.0 Å². The van der Waals surface area contributed by atoms with E-state index in [1.807, 2.05) is 19.2 Å². The van der Waals surface area contributed by atoms with Crippen LogP contribution in [-0.4, -0.2) is 29.7 Å². The quantitative estimate of drug-likeness (QED) is 0.772. The Hall–Kier alpha value is -0.680. The predicted octanol–water partition coefficient (Wildman–Crippen LogP) is 3.80. The van der Waals surface area contributed by atoms with Gasteiger partial charge in [-0.05, 0) is 47.0 Å². The maximum atomic E-state index is 12.5. The number of amides is 1. The van der Waals surface area contributed by atoms with Crippen molar-refractivity contribution in [1.82, 2.24) is 4.90 Å². The van der Waals surface area contributed by atoms with Crippen LogP contribution in [0.25, 0.3) is 0 Å². The molecule has 0 saturated heterocycles. The zero-order valence-corrected chi connectivity index (χ0v) is 13.8. The van der Waals surface area contributed by atoms with Crippen molar-refractivity contribution >= 4 is 43.6 Å². The molecule has 1 aromatic carbocycles. The molecule has 1 aliphatic carbocycles. The van der Waals surface area contributed by atoms with Crippen molar-refractivity contribution in [3.05, 3.63) is 32.7 Å². The molecule has 0 aliphatic heterocycles. The van der Waals surface area contributed by atoms with Crippen LogP contribution >= 0.6 is 31.9 Å². The van der Waals surface area contributed by atoms with Gasteiger partial charge in [-0.15, -0.1) is 0 Å². The lowest BCUT2D eigenvalue weighted by Gasteiger charge is -2.31. The Labute approximate surface area is 129 Å². The Morgan fingerprint density at radius 3 is 2.47 bits per heavy atom. The topological polar surface area (TPSA) is 37.4 Å². The molecule has 0 unspecified atom stereocenters. The summed E-state index contributed by atoms with van der Waals surface area (Å²) in [5.41, 5.74) is 0.655. The van der Waals surface area contributed by atoms with Crippen molar-refractivity contribution in [2.24, 2.45) is 0 Å². The summed E-state index contributed by atoms with van der Waals surface area (Å²) in [6, 6.07) is 5.70. The lowest BCUT2D eigenvalue weighted by atomic mass is 9.93. The monoisotopic (exact) mass is 387 g/mol. The van der Waals surface area contributed by atoms with Crippen LogP contribution in [0, 0.1) is 0 Å². The van der Waals surface area contributed by atoms with Crippen molar-refractivity contribution < 1.29 is 9.59 Å². The third-order valence-corrected chi connectivity index (χ3v) is 4.69. The van der Waals surface area contributed by atoms with Crippen LogP contribution < -0.4 is 0 Å². The minimum absolute atomic E-state index is 0.00118. The predicted molar refractivity (Wildman–Crippen MR) is 81.2 cm³/mol. The fourth-order valence-electron chi connectivity index (χ4n) is 2.33. The molecule has 0 atom stereocenters. The average Bonchev–Trinajstić information content (AvgIpc) is 2.38. The Balaban J connectivity index is 2.12. The second-order valence-corrected chi connectivity index (χ2v) is 6.58. The van der Waals surface area contributed by atoms with E-state index >= 15 is 0 Å². The summed E-state index contributed by atoms with van der Waals surface area (Å²) >= 11 is 6.79. The molecular formula is C14H15Br2NO2. The van der Waals surface area contributed by atoms with Gasteiger partial charge >= 0.3 is 0 Å². The summed E-state index contributed by atoms with van der Waals surface area (Å²) in [5, 5.41) is 0. The van der Waals surface area contributed by atoms with E-state index in [2.05, 4.69) is 31.9 Å². The highest BCUT2D eigenvalue weighted by molar-refractivity contribution is 9.11. The number of halogens is 2. The van der Waals surface area contributed by atoms with Crippen LogP contribution in [0.4, 0.5) is 0 Å². The SMILES string of the molecule is CN(C(=O)c1ccc(Br)cc1Br)C1CCC(=O)CC1. The van der Waals surface area contributed by atoms with Gasteiger partial charge in [-0.25, -0.2) is 0 Å². The number of benzene rings is 1. The Morgan fingerprint density at radius 1 is 1.26 bits per heavy atom. The van der Waals surface area contributed by atoms with Crippen LogP contribution in [0.15, 0.2) is 27.1 Å². The molecule has 0 N–H and O–H groups in total. The number of hydrogen-bond acceptors (Lipinski definition) is 2. The number of carbonyl (C=O) groups excluding carboxylic acids is 2. The standard InChI is InChI=1S/C14H15Br2NO2/c1-17(10-3-5-11(18)6-4-10)14(19)12-7-2-9(15)8-13(12)16/h2,7-8,10H,3-6H2,1H3. The minimum Gasteiger partial charge on any atom is -0.339 e. The number of Topliss-reactive ketones (excluding diaryl/α,β-unsaturated/α-hetero) is 1. The van der Waals surface area contributed by atoms with E-state index in [0.717, 1.165) is 21.8 Å². The second-order valence-electron chi connectivity index (χ2n) is 4.81. The average molecular weight is 389 g/mol. The molecule has 1 fully saturated rings. The molecule has 2 rings (SSSR count). The fourth-order valence-corrected chi connectivity index (χ4v) is 3.55. The molecular weight excluding hydrogens is 374 g/mol. The van der Waals surface area contributed by atoms with Crippen molar-refractivity contribution in [2.45, 2.75) is 31.7 Å². The van der Waals surface area contributed by atoms with Gasteiger partial charge in [0, 0.05) is 34.9 Å². The molecule has 0 aromatic heterocycles. The molecule has 1 saturated carbocycles. The number of rotatable bonds is 2. The first kappa shape index (κ1) is 14.7. The van der Waals surface area contributed by atoms with Crippen LogP contribution in [0.2, 0.25) is 0 Å². The number of nitrogens with zero attached hydrogens (tertiary/aromatic N) is 1. The maximum Gasteiger partial charge on any atom is 0.254 e. The van der Waals surface area contributed by atoms with Gasteiger partial charge in [0.1, 0.15) is 5.78 Å². The number of ketones is 1. The molecule has 0 radical (unpaired) electrons. The molecule has 1 aliphatic rings. The molecule has 102 valence electrons. The zero-order chi connectivity index (χ0) is 14.0.